The molecule has 0 radical (unpaired) electrons. The van der Waals surface area contributed by atoms with E-state index in [0.717, 1.165) is 31.1 Å². The number of nitriles is 1. The van der Waals surface area contributed by atoms with Crippen molar-refractivity contribution in [3.05, 3.63) is 35.4 Å². The smallest absolute Gasteiger partial charge is 0.0991 e. The van der Waals surface area contributed by atoms with Crippen molar-refractivity contribution >= 4 is 12.4 Å². The van der Waals surface area contributed by atoms with Crippen LogP contribution in [0, 0.1) is 17.2 Å². The molecular formula is C15H22ClN3. The lowest BCUT2D eigenvalue weighted by molar-refractivity contribution is 0.115. The van der Waals surface area contributed by atoms with Crippen molar-refractivity contribution < 1.29 is 0 Å². The summed E-state index contributed by atoms with van der Waals surface area (Å²) >= 11 is 0. The molecule has 1 aliphatic heterocycles. The molecule has 0 spiro atoms. The monoisotopic (exact) mass is 279 g/mol. The lowest BCUT2D eigenvalue weighted by Crippen LogP contribution is -2.45. The Kier molecular flexibility index (Phi) is 6.30. The molecule has 3 nitrogen and oxygen atoms in total. The van der Waals surface area contributed by atoms with E-state index in [4.69, 9.17) is 11.0 Å². The molecule has 19 heavy (non-hydrogen) atoms. The fourth-order valence-electron chi connectivity index (χ4n) is 2.67. The van der Waals surface area contributed by atoms with Crippen LogP contribution in [-0.2, 0) is 6.54 Å². The Morgan fingerprint density at radius 3 is 2.63 bits per heavy atom. The number of nitrogens with two attached hydrogens (primary N) is 1. The van der Waals surface area contributed by atoms with Gasteiger partial charge in [0.25, 0.3) is 0 Å². The highest BCUT2D eigenvalue weighted by Gasteiger charge is 2.24. The van der Waals surface area contributed by atoms with Gasteiger partial charge in [-0.05, 0) is 43.0 Å². The van der Waals surface area contributed by atoms with E-state index in [1.54, 1.807) is 0 Å². The summed E-state index contributed by atoms with van der Waals surface area (Å²) in [5.41, 5.74) is 7.86. The summed E-state index contributed by atoms with van der Waals surface area (Å²) in [5.74, 6) is 0.788. The quantitative estimate of drug-likeness (QED) is 0.925. The predicted octanol–water partition coefficient (Wildman–Crippen LogP) is 2.54. The Hall–Kier alpha value is -1.08. The van der Waals surface area contributed by atoms with Crippen LogP contribution in [0.2, 0.25) is 0 Å². The standard InChI is InChI=1S/C15H21N3.ClH/c1-12-6-7-18(15(8-12)10-17)11-14-4-2-13(9-16)3-5-14;/h2-5,12,15H,6-8,10-11,17H2,1H3;1H. The summed E-state index contributed by atoms with van der Waals surface area (Å²) in [7, 11) is 0. The normalized spacial score (nSPS) is 23.4. The van der Waals surface area contributed by atoms with E-state index in [9.17, 15) is 0 Å². The molecule has 0 aromatic heterocycles. The number of hydrogen-bond donors (Lipinski definition) is 1. The first-order valence-corrected chi connectivity index (χ1v) is 6.66. The van der Waals surface area contributed by atoms with Crippen LogP contribution < -0.4 is 5.73 Å². The highest BCUT2D eigenvalue weighted by atomic mass is 35.5. The Balaban J connectivity index is 0.00000180. The lowest BCUT2D eigenvalue weighted by atomic mass is 9.92. The summed E-state index contributed by atoms with van der Waals surface area (Å²) in [6, 6.07) is 10.5. The summed E-state index contributed by atoms with van der Waals surface area (Å²) in [6.07, 6.45) is 2.46. The van der Waals surface area contributed by atoms with Gasteiger partial charge in [-0.25, -0.2) is 0 Å². The molecule has 2 rings (SSSR count). The third kappa shape index (κ3) is 4.21. The number of hydrogen-bond acceptors (Lipinski definition) is 3. The van der Waals surface area contributed by atoms with Crippen LogP contribution in [0.5, 0.6) is 0 Å². The second kappa shape index (κ2) is 7.49. The molecule has 1 aromatic rings. The zero-order chi connectivity index (χ0) is 13.0. The average Bonchev–Trinajstić information content (AvgIpc) is 2.41. The first-order valence-electron chi connectivity index (χ1n) is 6.66. The van der Waals surface area contributed by atoms with E-state index >= 15 is 0 Å². The zero-order valence-corrected chi connectivity index (χ0v) is 12.2. The van der Waals surface area contributed by atoms with Crippen molar-refractivity contribution in [1.82, 2.24) is 4.90 Å². The largest absolute Gasteiger partial charge is 0.329 e. The maximum atomic E-state index is 8.78. The third-order valence-corrected chi connectivity index (χ3v) is 3.84. The van der Waals surface area contributed by atoms with Gasteiger partial charge >= 0.3 is 0 Å². The molecule has 2 N–H and O–H groups in total. The number of halogens is 1. The molecule has 1 aromatic carbocycles. The summed E-state index contributed by atoms with van der Waals surface area (Å²) in [5, 5.41) is 8.78. The molecule has 1 aliphatic rings. The van der Waals surface area contributed by atoms with Crippen molar-refractivity contribution in [1.29, 1.82) is 5.26 Å². The Labute approximate surface area is 121 Å². The molecule has 0 amide bonds. The maximum absolute atomic E-state index is 8.78. The van der Waals surface area contributed by atoms with Gasteiger partial charge in [0, 0.05) is 19.1 Å². The van der Waals surface area contributed by atoms with Crippen molar-refractivity contribution in [2.24, 2.45) is 11.7 Å². The Morgan fingerprint density at radius 1 is 1.37 bits per heavy atom. The topological polar surface area (TPSA) is 53.0 Å². The van der Waals surface area contributed by atoms with Gasteiger partial charge in [0.1, 0.15) is 0 Å². The lowest BCUT2D eigenvalue weighted by Gasteiger charge is -2.38. The maximum Gasteiger partial charge on any atom is 0.0991 e. The fourth-order valence-corrected chi connectivity index (χ4v) is 2.67. The van der Waals surface area contributed by atoms with Crippen LogP contribution >= 0.6 is 12.4 Å². The molecule has 2 unspecified atom stereocenters. The molecular weight excluding hydrogens is 258 g/mol. The molecule has 1 saturated heterocycles. The van der Waals surface area contributed by atoms with Crippen LogP contribution in [0.3, 0.4) is 0 Å². The van der Waals surface area contributed by atoms with Gasteiger partial charge in [-0.15, -0.1) is 12.4 Å². The number of piperidine rings is 1. The Morgan fingerprint density at radius 2 is 2.05 bits per heavy atom. The summed E-state index contributed by atoms with van der Waals surface area (Å²) in [6.45, 7) is 5.12. The third-order valence-electron chi connectivity index (χ3n) is 3.84. The molecule has 2 atom stereocenters. The second-order valence-electron chi connectivity index (χ2n) is 5.30. The average molecular weight is 280 g/mol. The van der Waals surface area contributed by atoms with E-state index in [0.29, 0.717) is 6.04 Å². The van der Waals surface area contributed by atoms with Crippen LogP contribution in [-0.4, -0.2) is 24.0 Å². The highest BCUT2D eigenvalue weighted by Crippen LogP contribution is 2.23. The van der Waals surface area contributed by atoms with Gasteiger partial charge < -0.3 is 5.73 Å². The first kappa shape index (κ1) is 16.0. The van der Waals surface area contributed by atoms with Crippen molar-refractivity contribution in [2.75, 3.05) is 13.1 Å². The Bertz CT molecular complexity index is 424. The van der Waals surface area contributed by atoms with Gasteiger partial charge in [-0.3, -0.25) is 4.90 Å². The molecule has 1 fully saturated rings. The van der Waals surface area contributed by atoms with Crippen molar-refractivity contribution in [3.8, 4) is 6.07 Å². The molecule has 104 valence electrons. The van der Waals surface area contributed by atoms with E-state index in [-0.39, 0.29) is 12.4 Å². The molecule has 0 aliphatic carbocycles. The number of likely N-dealkylation sites (tertiary alicyclic amines) is 1. The predicted molar refractivity (Wildman–Crippen MR) is 80.1 cm³/mol. The van der Waals surface area contributed by atoms with E-state index in [1.807, 2.05) is 24.3 Å². The highest BCUT2D eigenvalue weighted by molar-refractivity contribution is 5.85. The number of rotatable bonds is 3. The SMILES string of the molecule is CC1CCN(Cc2ccc(C#N)cc2)C(CN)C1.Cl. The minimum absolute atomic E-state index is 0. The minimum Gasteiger partial charge on any atom is -0.329 e. The molecule has 1 heterocycles. The van der Waals surface area contributed by atoms with Crippen molar-refractivity contribution in [3.63, 3.8) is 0 Å². The van der Waals surface area contributed by atoms with Gasteiger partial charge in [0.2, 0.25) is 0 Å². The van der Waals surface area contributed by atoms with Gasteiger partial charge in [-0.2, -0.15) is 5.26 Å². The van der Waals surface area contributed by atoms with Crippen LogP contribution in [0.1, 0.15) is 30.9 Å². The van der Waals surface area contributed by atoms with Crippen LogP contribution in [0.25, 0.3) is 0 Å². The van der Waals surface area contributed by atoms with Crippen molar-refractivity contribution in [2.45, 2.75) is 32.4 Å². The summed E-state index contributed by atoms with van der Waals surface area (Å²) < 4.78 is 0. The van der Waals surface area contributed by atoms with E-state index in [2.05, 4.69) is 17.9 Å². The van der Waals surface area contributed by atoms with Gasteiger partial charge in [0.15, 0.2) is 0 Å². The van der Waals surface area contributed by atoms with E-state index < -0.39 is 0 Å². The molecule has 0 bridgehead atoms. The number of benzene rings is 1. The molecule has 0 saturated carbocycles. The van der Waals surface area contributed by atoms with Gasteiger partial charge in [0.05, 0.1) is 11.6 Å². The summed E-state index contributed by atoms with van der Waals surface area (Å²) in [4.78, 5) is 2.47. The van der Waals surface area contributed by atoms with E-state index in [1.165, 1.54) is 18.4 Å². The van der Waals surface area contributed by atoms with Crippen LogP contribution in [0.15, 0.2) is 24.3 Å². The fraction of sp³-hybridized carbons (Fsp3) is 0.533. The second-order valence-corrected chi connectivity index (χ2v) is 5.30. The minimum atomic E-state index is 0. The van der Waals surface area contributed by atoms with Gasteiger partial charge in [-0.1, -0.05) is 19.1 Å². The van der Waals surface area contributed by atoms with Crippen LogP contribution in [0.4, 0.5) is 0 Å². The number of nitrogens with zero attached hydrogens (tertiary/aromatic N) is 2. The molecule has 4 heteroatoms. The zero-order valence-electron chi connectivity index (χ0n) is 11.4. The first-order chi connectivity index (χ1) is 8.72.